The molecule has 0 fully saturated rings. The van der Waals surface area contributed by atoms with Crippen molar-refractivity contribution in [2.75, 3.05) is 6.54 Å². The van der Waals surface area contributed by atoms with E-state index in [1.165, 1.54) is 0 Å². The molecule has 0 atom stereocenters. The van der Waals surface area contributed by atoms with Gasteiger partial charge in [-0.3, -0.25) is 0 Å². The van der Waals surface area contributed by atoms with Crippen molar-refractivity contribution in [2.45, 2.75) is 31.6 Å². The zero-order valence-electron chi connectivity index (χ0n) is 13.9. The van der Waals surface area contributed by atoms with E-state index in [0.717, 1.165) is 28.9 Å². The van der Waals surface area contributed by atoms with Gasteiger partial charge in [-0.15, -0.1) is 0 Å². The van der Waals surface area contributed by atoms with Crippen LogP contribution in [0.15, 0.2) is 53.7 Å². The fourth-order valence-corrected chi connectivity index (χ4v) is 3.61. The Kier molecular flexibility index (Phi) is 4.69. The van der Waals surface area contributed by atoms with E-state index in [1.807, 2.05) is 54.9 Å². The quantitative estimate of drug-likeness (QED) is 0.748. The zero-order chi connectivity index (χ0) is 17.2. The van der Waals surface area contributed by atoms with Gasteiger partial charge in [0.1, 0.15) is 5.65 Å². The molecule has 0 aliphatic carbocycles. The molecule has 0 unspecified atom stereocenters. The van der Waals surface area contributed by atoms with Gasteiger partial charge in [-0.1, -0.05) is 25.1 Å². The molecule has 1 aromatic carbocycles. The van der Waals surface area contributed by atoms with Gasteiger partial charge in [-0.05, 0) is 42.7 Å². The normalized spacial score (nSPS) is 11.9. The number of benzene rings is 1. The van der Waals surface area contributed by atoms with Gasteiger partial charge in [0.15, 0.2) is 0 Å². The van der Waals surface area contributed by atoms with E-state index in [2.05, 4.69) is 9.71 Å². The summed E-state index contributed by atoms with van der Waals surface area (Å²) >= 11 is 0. The lowest BCUT2D eigenvalue weighted by molar-refractivity contribution is 0.581. The highest BCUT2D eigenvalue weighted by Gasteiger charge is 2.13. The number of fused-ring (bicyclic) bond motifs is 1. The second kappa shape index (κ2) is 6.75. The Morgan fingerprint density at radius 1 is 1.08 bits per heavy atom. The van der Waals surface area contributed by atoms with E-state index in [4.69, 9.17) is 0 Å². The van der Waals surface area contributed by atoms with Crippen molar-refractivity contribution in [3.8, 4) is 0 Å². The van der Waals surface area contributed by atoms with Gasteiger partial charge in [-0.25, -0.2) is 18.1 Å². The largest absolute Gasteiger partial charge is 0.307 e. The number of hydrogen-bond acceptors (Lipinski definition) is 3. The maximum absolute atomic E-state index is 12.3. The summed E-state index contributed by atoms with van der Waals surface area (Å²) in [7, 11) is -3.48. The second-order valence-electron chi connectivity index (χ2n) is 5.85. The van der Waals surface area contributed by atoms with E-state index in [-0.39, 0.29) is 0 Å². The predicted octanol–water partition coefficient (Wildman–Crippen LogP) is 2.73. The van der Waals surface area contributed by atoms with Crippen LogP contribution in [0.3, 0.4) is 0 Å². The third kappa shape index (κ3) is 3.66. The van der Waals surface area contributed by atoms with Crippen LogP contribution >= 0.6 is 0 Å². The second-order valence-corrected chi connectivity index (χ2v) is 7.62. The summed E-state index contributed by atoms with van der Waals surface area (Å²) in [5.41, 5.74) is 4.01. The molecule has 3 rings (SSSR count). The van der Waals surface area contributed by atoms with Crippen LogP contribution in [-0.2, 0) is 22.9 Å². The van der Waals surface area contributed by atoms with Crippen molar-refractivity contribution in [3.05, 3.63) is 65.6 Å². The highest BCUT2D eigenvalue weighted by atomic mass is 32.2. The first-order valence-corrected chi connectivity index (χ1v) is 9.49. The van der Waals surface area contributed by atoms with Crippen molar-refractivity contribution < 1.29 is 8.42 Å². The first-order chi connectivity index (χ1) is 11.5. The molecule has 0 saturated carbocycles. The van der Waals surface area contributed by atoms with Crippen molar-refractivity contribution in [1.29, 1.82) is 0 Å². The van der Waals surface area contributed by atoms with E-state index in [9.17, 15) is 8.42 Å². The lowest BCUT2D eigenvalue weighted by Crippen LogP contribution is -2.26. The number of imidazole rings is 1. The number of hydrogen-bond donors (Lipinski definition) is 1. The first-order valence-electron chi connectivity index (χ1n) is 8.01. The Labute approximate surface area is 142 Å². The minimum absolute atomic E-state index is 0.297. The molecule has 126 valence electrons. The molecule has 1 N–H and O–H groups in total. The standard InChI is InChI=1S/C18H21N3O2S/c1-3-15-5-7-17(8-6-15)24(22,23)19-11-10-16-13-21-12-14(2)4-9-18(21)20-16/h4-9,12-13,19H,3,10-11H2,1-2H3. The van der Waals surface area contributed by atoms with Crippen molar-refractivity contribution in [2.24, 2.45) is 0 Å². The first kappa shape index (κ1) is 16.7. The molecule has 0 bridgehead atoms. The third-order valence-corrected chi connectivity index (χ3v) is 5.44. The van der Waals surface area contributed by atoms with Gasteiger partial charge in [-0.2, -0.15) is 0 Å². The fourth-order valence-electron chi connectivity index (χ4n) is 2.58. The van der Waals surface area contributed by atoms with Crippen LogP contribution in [0.5, 0.6) is 0 Å². The number of aromatic nitrogens is 2. The monoisotopic (exact) mass is 343 g/mol. The Morgan fingerprint density at radius 2 is 1.83 bits per heavy atom. The van der Waals surface area contributed by atoms with Crippen molar-refractivity contribution >= 4 is 15.7 Å². The Hall–Kier alpha value is -2.18. The molecule has 2 heterocycles. The number of aryl methyl sites for hydroxylation is 2. The fraction of sp³-hybridized carbons (Fsp3) is 0.278. The van der Waals surface area contributed by atoms with E-state index >= 15 is 0 Å². The number of nitrogens with zero attached hydrogens (tertiary/aromatic N) is 2. The molecule has 5 nitrogen and oxygen atoms in total. The van der Waals surface area contributed by atoms with Crippen LogP contribution in [0.25, 0.3) is 5.65 Å². The molecule has 0 radical (unpaired) electrons. The average Bonchev–Trinajstić information content (AvgIpc) is 2.96. The summed E-state index contributed by atoms with van der Waals surface area (Å²) in [4.78, 5) is 4.79. The summed E-state index contributed by atoms with van der Waals surface area (Å²) in [6.07, 6.45) is 5.38. The third-order valence-electron chi connectivity index (χ3n) is 3.96. The molecule has 3 aromatic rings. The van der Waals surface area contributed by atoms with E-state index in [1.54, 1.807) is 12.1 Å². The van der Waals surface area contributed by atoms with Crippen LogP contribution in [0, 0.1) is 6.92 Å². The molecule has 0 amide bonds. The Balaban J connectivity index is 1.65. The smallest absolute Gasteiger partial charge is 0.240 e. The van der Waals surface area contributed by atoms with Crippen LogP contribution in [0.1, 0.15) is 23.7 Å². The van der Waals surface area contributed by atoms with Crippen LogP contribution in [0.4, 0.5) is 0 Å². The number of rotatable bonds is 6. The summed E-state index contributed by atoms with van der Waals surface area (Å²) < 4.78 is 29.2. The SMILES string of the molecule is CCc1ccc(S(=O)(=O)NCCc2cn3cc(C)ccc3n2)cc1. The van der Waals surface area contributed by atoms with Gasteiger partial charge in [0.2, 0.25) is 10.0 Å². The Morgan fingerprint density at radius 3 is 2.54 bits per heavy atom. The zero-order valence-corrected chi connectivity index (χ0v) is 14.7. The highest BCUT2D eigenvalue weighted by molar-refractivity contribution is 7.89. The Bertz CT molecular complexity index is 944. The predicted molar refractivity (Wildman–Crippen MR) is 94.6 cm³/mol. The highest BCUT2D eigenvalue weighted by Crippen LogP contribution is 2.11. The maximum Gasteiger partial charge on any atom is 0.240 e. The maximum atomic E-state index is 12.3. The van der Waals surface area contributed by atoms with Crippen molar-refractivity contribution in [1.82, 2.24) is 14.1 Å². The lowest BCUT2D eigenvalue weighted by atomic mass is 10.2. The summed E-state index contributed by atoms with van der Waals surface area (Å²) in [6.45, 7) is 4.38. The number of pyridine rings is 1. The number of nitrogens with one attached hydrogen (secondary N) is 1. The van der Waals surface area contributed by atoms with Gasteiger partial charge < -0.3 is 4.40 Å². The topological polar surface area (TPSA) is 63.5 Å². The molecule has 2 aromatic heterocycles. The van der Waals surface area contributed by atoms with Crippen LogP contribution in [0.2, 0.25) is 0 Å². The summed E-state index contributed by atoms with van der Waals surface area (Å²) in [5, 5.41) is 0. The van der Waals surface area contributed by atoms with E-state index in [0.29, 0.717) is 17.9 Å². The average molecular weight is 343 g/mol. The lowest BCUT2D eigenvalue weighted by Gasteiger charge is -2.06. The molecular formula is C18H21N3O2S. The minimum Gasteiger partial charge on any atom is -0.307 e. The number of sulfonamides is 1. The molecule has 24 heavy (non-hydrogen) atoms. The van der Waals surface area contributed by atoms with Crippen LogP contribution < -0.4 is 4.72 Å². The molecule has 6 heteroatoms. The van der Waals surface area contributed by atoms with Gasteiger partial charge >= 0.3 is 0 Å². The summed E-state index contributed by atoms with van der Waals surface area (Å²) in [5.74, 6) is 0. The molecule has 0 saturated heterocycles. The van der Waals surface area contributed by atoms with Crippen LogP contribution in [-0.4, -0.2) is 24.3 Å². The van der Waals surface area contributed by atoms with Gasteiger partial charge in [0.05, 0.1) is 10.6 Å². The molecule has 0 aliphatic heterocycles. The summed E-state index contributed by atoms with van der Waals surface area (Å²) in [6, 6.07) is 11.0. The van der Waals surface area contributed by atoms with E-state index < -0.39 is 10.0 Å². The van der Waals surface area contributed by atoms with Crippen molar-refractivity contribution in [3.63, 3.8) is 0 Å². The molecular weight excluding hydrogens is 322 g/mol. The minimum atomic E-state index is -3.48. The molecule has 0 aliphatic rings. The van der Waals surface area contributed by atoms with Gasteiger partial charge in [0, 0.05) is 25.4 Å². The van der Waals surface area contributed by atoms with Gasteiger partial charge in [0.25, 0.3) is 0 Å². The molecule has 0 spiro atoms.